The maximum atomic E-state index is 11.3. The number of ether oxygens (including phenoxy) is 1. The molecule has 1 rings (SSSR count). The number of nitrogens with one attached hydrogen (secondary N) is 2. The average Bonchev–Trinajstić information content (AvgIpc) is 2.39. The molecule has 0 aliphatic carbocycles. The fourth-order valence-corrected chi connectivity index (χ4v) is 1.23. The summed E-state index contributed by atoms with van der Waals surface area (Å²) >= 11 is 0. The van der Waals surface area contributed by atoms with Crippen LogP contribution in [0.4, 0.5) is 5.69 Å². The minimum atomic E-state index is -0.274. The Hall–Kier alpha value is -2.37. The van der Waals surface area contributed by atoms with E-state index in [4.69, 9.17) is 4.74 Å². The quantitative estimate of drug-likeness (QED) is 0.420. The Balaban J connectivity index is 2.44. The number of aliphatic imine (C=N–C) groups is 1. The van der Waals surface area contributed by atoms with Crippen LogP contribution in [0.1, 0.15) is 5.56 Å². The van der Waals surface area contributed by atoms with Crippen molar-refractivity contribution < 1.29 is 14.3 Å². The highest BCUT2D eigenvalue weighted by Gasteiger charge is 2.01. The SMILES string of the molecule is CN=COCc1ccc(NC(=O)CNC=O)cc1. The van der Waals surface area contributed by atoms with Gasteiger partial charge in [0.2, 0.25) is 12.3 Å². The minimum absolute atomic E-state index is 0.0404. The summed E-state index contributed by atoms with van der Waals surface area (Å²) in [6, 6.07) is 7.21. The van der Waals surface area contributed by atoms with Gasteiger partial charge in [0.25, 0.3) is 0 Å². The lowest BCUT2D eigenvalue weighted by atomic mass is 10.2. The van der Waals surface area contributed by atoms with E-state index in [2.05, 4.69) is 15.6 Å². The van der Waals surface area contributed by atoms with Crippen molar-refractivity contribution >= 4 is 24.4 Å². The molecule has 0 fully saturated rings. The molecule has 0 aliphatic rings. The van der Waals surface area contributed by atoms with Crippen LogP contribution in [0.25, 0.3) is 0 Å². The molecule has 0 aromatic heterocycles. The number of carbonyl (C=O) groups excluding carboxylic acids is 2. The van der Waals surface area contributed by atoms with E-state index in [0.29, 0.717) is 18.7 Å². The third kappa shape index (κ3) is 5.11. The molecule has 0 spiro atoms. The average molecular weight is 249 g/mol. The first kappa shape index (κ1) is 13.7. The van der Waals surface area contributed by atoms with Crippen LogP contribution in [0, 0.1) is 0 Å². The molecule has 0 saturated heterocycles. The van der Waals surface area contributed by atoms with Gasteiger partial charge in [0, 0.05) is 12.7 Å². The molecule has 1 aromatic carbocycles. The highest BCUT2D eigenvalue weighted by Crippen LogP contribution is 2.09. The molecule has 0 atom stereocenters. The summed E-state index contributed by atoms with van der Waals surface area (Å²) in [7, 11) is 1.63. The molecule has 0 saturated carbocycles. The number of benzene rings is 1. The molecule has 0 radical (unpaired) electrons. The van der Waals surface area contributed by atoms with Crippen LogP contribution in [-0.4, -0.2) is 32.3 Å². The number of rotatable bonds is 7. The summed E-state index contributed by atoms with van der Waals surface area (Å²) in [5.74, 6) is -0.274. The predicted octanol–water partition coefficient (Wildman–Crippen LogP) is 0.546. The number of carbonyl (C=O) groups is 2. The van der Waals surface area contributed by atoms with Gasteiger partial charge >= 0.3 is 0 Å². The second-order valence-corrected chi connectivity index (χ2v) is 3.42. The number of amides is 2. The van der Waals surface area contributed by atoms with Gasteiger partial charge in [0.1, 0.15) is 6.61 Å². The molecule has 6 nitrogen and oxygen atoms in total. The second kappa shape index (κ2) is 7.83. The van der Waals surface area contributed by atoms with Crippen molar-refractivity contribution in [2.75, 3.05) is 18.9 Å². The molecule has 6 heteroatoms. The fourth-order valence-electron chi connectivity index (χ4n) is 1.23. The number of anilines is 1. The zero-order chi connectivity index (χ0) is 13.2. The van der Waals surface area contributed by atoms with Crippen LogP contribution in [0.2, 0.25) is 0 Å². The summed E-state index contributed by atoms with van der Waals surface area (Å²) in [5.41, 5.74) is 1.64. The van der Waals surface area contributed by atoms with Crippen molar-refractivity contribution in [3.05, 3.63) is 29.8 Å². The first-order valence-electron chi connectivity index (χ1n) is 5.34. The topological polar surface area (TPSA) is 79.8 Å². The molecule has 96 valence electrons. The Kier molecular flexibility index (Phi) is 5.96. The van der Waals surface area contributed by atoms with Crippen LogP contribution in [0.15, 0.2) is 29.3 Å². The van der Waals surface area contributed by atoms with E-state index in [1.54, 1.807) is 19.2 Å². The Morgan fingerprint density at radius 2 is 2.11 bits per heavy atom. The van der Waals surface area contributed by atoms with Gasteiger partial charge in [-0.05, 0) is 17.7 Å². The van der Waals surface area contributed by atoms with Crippen molar-refractivity contribution in [3.63, 3.8) is 0 Å². The summed E-state index contributed by atoms with van der Waals surface area (Å²) < 4.78 is 5.12. The van der Waals surface area contributed by atoms with Crippen molar-refractivity contribution in [2.24, 2.45) is 4.99 Å². The zero-order valence-corrected chi connectivity index (χ0v) is 10.1. The van der Waals surface area contributed by atoms with E-state index >= 15 is 0 Å². The maximum Gasteiger partial charge on any atom is 0.243 e. The highest BCUT2D eigenvalue weighted by atomic mass is 16.5. The Morgan fingerprint density at radius 1 is 1.39 bits per heavy atom. The van der Waals surface area contributed by atoms with Crippen LogP contribution < -0.4 is 10.6 Å². The van der Waals surface area contributed by atoms with E-state index in [-0.39, 0.29) is 12.5 Å². The number of hydrogen-bond acceptors (Lipinski definition) is 4. The van der Waals surface area contributed by atoms with E-state index in [1.165, 1.54) is 6.40 Å². The van der Waals surface area contributed by atoms with Gasteiger partial charge in [-0.25, -0.2) is 0 Å². The molecular formula is C12H15N3O3. The molecule has 0 unspecified atom stereocenters. The van der Waals surface area contributed by atoms with Crippen LogP contribution in [0.3, 0.4) is 0 Å². The van der Waals surface area contributed by atoms with E-state index in [1.807, 2.05) is 12.1 Å². The van der Waals surface area contributed by atoms with Crippen molar-refractivity contribution in [3.8, 4) is 0 Å². The molecule has 0 bridgehead atoms. The van der Waals surface area contributed by atoms with Gasteiger partial charge in [-0.15, -0.1) is 0 Å². The normalized spacial score (nSPS) is 10.1. The van der Waals surface area contributed by atoms with Crippen LogP contribution in [-0.2, 0) is 20.9 Å². The Bertz CT molecular complexity index is 415. The smallest absolute Gasteiger partial charge is 0.243 e. The summed E-state index contributed by atoms with van der Waals surface area (Å²) in [6.45, 7) is 0.388. The lowest BCUT2D eigenvalue weighted by molar-refractivity contribution is -0.118. The van der Waals surface area contributed by atoms with Gasteiger partial charge in [-0.3, -0.25) is 14.6 Å². The van der Waals surface area contributed by atoms with E-state index in [9.17, 15) is 9.59 Å². The standard InChI is InChI=1S/C12H15N3O3/c1-13-9-18-7-10-2-4-11(5-3-10)15-12(17)6-14-8-16/h2-5,8-9H,6-7H2,1H3,(H,14,16)(H,15,17). The van der Waals surface area contributed by atoms with Crippen molar-refractivity contribution in [1.82, 2.24) is 5.32 Å². The first-order valence-corrected chi connectivity index (χ1v) is 5.34. The zero-order valence-electron chi connectivity index (χ0n) is 10.1. The van der Waals surface area contributed by atoms with Gasteiger partial charge in [0.05, 0.1) is 6.54 Å². The van der Waals surface area contributed by atoms with Crippen LogP contribution in [0.5, 0.6) is 0 Å². The number of hydrogen-bond donors (Lipinski definition) is 2. The largest absolute Gasteiger partial charge is 0.479 e. The molecule has 1 aromatic rings. The predicted molar refractivity (Wildman–Crippen MR) is 68.3 cm³/mol. The minimum Gasteiger partial charge on any atom is -0.479 e. The molecular weight excluding hydrogens is 234 g/mol. The summed E-state index contributed by atoms with van der Waals surface area (Å²) in [4.78, 5) is 25.0. The van der Waals surface area contributed by atoms with E-state index < -0.39 is 0 Å². The fraction of sp³-hybridized carbons (Fsp3) is 0.250. The molecule has 2 amide bonds. The highest BCUT2D eigenvalue weighted by molar-refractivity contribution is 5.93. The van der Waals surface area contributed by atoms with Crippen molar-refractivity contribution in [1.29, 1.82) is 0 Å². The number of nitrogens with zero attached hydrogens (tertiary/aromatic N) is 1. The van der Waals surface area contributed by atoms with Gasteiger partial charge in [-0.2, -0.15) is 0 Å². The molecule has 0 aliphatic heterocycles. The summed E-state index contributed by atoms with van der Waals surface area (Å²) in [5, 5.41) is 4.93. The monoisotopic (exact) mass is 249 g/mol. The van der Waals surface area contributed by atoms with Gasteiger partial charge in [-0.1, -0.05) is 12.1 Å². The first-order chi connectivity index (χ1) is 8.76. The van der Waals surface area contributed by atoms with Gasteiger partial charge in [0.15, 0.2) is 6.40 Å². The third-order valence-corrected chi connectivity index (χ3v) is 2.01. The molecule has 0 heterocycles. The lowest BCUT2D eigenvalue weighted by Crippen LogP contribution is -2.26. The second-order valence-electron chi connectivity index (χ2n) is 3.42. The third-order valence-electron chi connectivity index (χ3n) is 2.01. The van der Waals surface area contributed by atoms with Crippen LogP contribution >= 0.6 is 0 Å². The molecule has 2 N–H and O–H groups in total. The summed E-state index contributed by atoms with van der Waals surface area (Å²) in [6.07, 6.45) is 1.86. The van der Waals surface area contributed by atoms with Crippen molar-refractivity contribution in [2.45, 2.75) is 6.61 Å². The Morgan fingerprint density at radius 3 is 2.72 bits per heavy atom. The lowest BCUT2D eigenvalue weighted by Gasteiger charge is -2.06. The van der Waals surface area contributed by atoms with Gasteiger partial charge < -0.3 is 15.4 Å². The Labute approximate surface area is 105 Å². The van der Waals surface area contributed by atoms with E-state index in [0.717, 1.165) is 5.56 Å². The molecule has 18 heavy (non-hydrogen) atoms. The maximum absolute atomic E-state index is 11.3.